The summed E-state index contributed by atoms with van der Waals surface area (Å²) in [6, 6.07) is 7.99. The van der Waals surface area contributed by atoms with Gasteiger partial charge in [0.05, 0.1) is 5.56 Å². The van der Waals surface area contributed by atoms with E-state index in [1.54, 1.807) is 19.3 Å². The van der Waals surface area contributed by atoms with E-state index < -0.39 is 0 Å². The van der Waals surface area contributed by atoms with Gasteiger partial charge in [0.15, 0.2) is 0 Å². The normalized spacial score (nSPS) is 11.1. The maximum absolute atomic E-state index is 11.9. The van der Waals surface area contributed by atoms with Gasteiger partial charge in [-0.1, -0.05) is 35.9 Å². The van der Waals surface area contributed by atoms with Gasteiger partial charge >= 0.3 is 5.69 Å². The van der Waals surface area contributed by atoms with Crippen molar-refractivity contribution in [1.82, 2.24) is 9.13 Å². The average molecular weight is 256 g/mol. The summed E-state index contributed by atoms with van der Waals surface area (Å²) in [5.74, 6) is 0. The van der Waals surface area contributed by atoms with Gasteiger partial charge in [-0.2, -0.15) is 0 Å². The zero-order chi connectivity index (χ0) is 14.0. The molecule has 0 spiro atoms. The first-order valence-corrected chi connectivity index (χ1v) is 6.00. The van der Waals surface area contributed by atoms with Gasteiger partial charge in [0, 0.05) is 20.3 Å². The van der Waals surface area contributed by atoms with E-state index >= 15 is 0 Å². The van der Waals surface area contributed by atoms with Crippen molar-refractivity contribution in [3.8, 4) is 0 Å². The summed E-state index contributed by atoms with van der Waals surface area (Å²) >= 11 is 0. The molecule has 4 nitrogen and oxygen atoms in total. The molecule has 0 aliphatic carbocycles. The van der Waals surface area contributed by atoms with Crippen LogP contribution >= 0.6 is 0 Å². The molecule has 2 aromatic rings. The molecule has 2 rings (SSSR count). The summed E-state index contributed by atoms with van der Waals surface area (Å²) in [5.41, 5.74) is 2.09. The molecule has 0 aliphatic heterocycles. The van der Waals surface area contributed by atoms with Crippen LogP contribution in [0, 0.1) is 6.92 Å². The lowest BCUT2D eigenvalue weighted by Crippen LogP contribution is -2.37. The Morgan fingerprint density at radius 1 is 1.00 bits per heavy atom. The largest absolute Gasteiger partial charge is 0.330 e. The van der Waals surface area contributed by atoms with Crippen LogP contribution in [0.5, 0.6) is 0 Å². The fourth-order valence-corrected chi connectivity index (χ4v) is 1.81. The zero-order valence-corrected chi connectivity index (χ0v) is 11.3. The maximum atomic E-state index is 11.9. The summed E-state index contributed by atoms with van der Waals surface area (Å²) < 4.78 is 2.50. The molecule has 4 heteroatoms. The molecule has 0 saturated carbocycles. The minimum Gasteiger partial charge on any atom is -0.303 e. The third-order valence-corrected chi connectivity index (χ3v) is 3.01. The molecular formula is C15H16N2O2. The zero-order valence-electron chi connectivity index (χ0n) is 11.3. The van der Waals surface area contributed by atoms with Crippen LogP contribution < -0.4 is 11.2 Å². The summed E-state index contributed by atoms with van der Waals surface area (Å²) in [6.45, 7) is 2.02. The van der Waals surface area contributed by atoms with Gasteiger partial charge in [-0.25, -0.2) is 4.79 Å². The molecule has 1 heterocycles. The van der Waals surface area contributed by atoms with E-state index in [2.05, 4.69) is 0 Å². The van der Waals surface area contributed by atoms with Gasteiger partial charge in [-0.15, -0.1) is 0 Å². The Hall–Kier alpha value is -2.36. The quantitative estimate of drug-likeness (QED) is 0.818. The summed E-state index contributed by atoms with van der Waals surface area (Å²) in [7, 11) is 3.11. The lowest BCUT2D eigenvalue weighted by atomic mass is 10.1. The molecule has 0 bridgehead atoms. The molecule has 0 fully saturated rings. The van der Waals surface area contributed by atoms with Crippen molar-refractivity contribution >= 4 is 12.2 Å². The van der Waals surface area contributed by atoms with Crippen molar-refractivity contribution in [2.45, 2.75) is 6.92 Å². The highest BCUT2D eigenvalue weighted by molar-refractivity contribution is 5.68. The topological polar surface area (TPSA) is 44.0 Å². The van der Waals surface area contributed by atoms with Crippen molar-refractivity contribution in [3.05, 3.63) is 68.0 Å². The highest BCUT2D eigenvalue weighted by Gasteiger charge is 2.03. The first kappa shape index (κ1) is 13.1. The van der Waals surface area contributed by atoms with E-state index in [1.165, 1.54) is 17.2 Å². The van der Waals surface area contributed by atoms with Crippen molar-refractivity contribution in [2.75, 3.05) is 0 Å². The van der Waals surface area contributed by atoms with Gasteiger partial charge in [-0.05, 0) is 18.6 Å². The Labute approximate surface area is 111 Å². The van der Waals surface area contributed by atoms with Gasteiger partial charge in [0.2, 0.25) is 0 Å². The molecule has 0 aliphatic rings. The molecule has 98 valence electrons. The average Bonchev–Trinajstić information content (AvgIpc) is 2.41. The van der Waals surface area contributed by atoms with Crippen LogP contribution in [-0.2, 0) is 14.1 Å². The van der Waals surface area contributed by atoms with E-state index in [1.807, 2.05) is 37.3 Å². The van der Waals surface area contributed by atoms with Crippen molar-refractivity contribution in [3.63, 3.8) is 0 Å². The maximum Gasteiger partial charge on any atom is 0.330 e. The molecule has 19 heavy (non-hydrogen) atoms. The Morgan fingerprint density at radius 3 is 2.26 bits per heavy atom. The molecule has 1 aromatic carbocycles. The fourth-order valence-electron chi connectivity index (χ4n) is 1.81. The number of nitrogens with zero attached hydrogens (tertiary/aromatic N) is 2. The summed E-state index contributed by atoms with van der Waals surface area (Å²) in [5, 5.41) is 0. The van der Waals surface area contributed by atoms with E-state index in [4.69, 9.17) is 0 Å². The predicted molar refractivity (Wildman–Crippen MR) is 77.0 cm³/mol. The van der Waals surface area contributed by atoms with Crippen LogP contribution in [0.25, 0.3) is 12.2 Å². The number of aromatic nitrogens is 2. The third kappa shape index (κ3) is 2.73. The Bertz CT molecular complexity index is 734. The standard InChI is InChI=1S/C15H16N2O2/c1-11-4-6-12(7-5-11)8-9-13-10-16(2)15(19)17(3)14(13)18/h4-10H,1-3H3/b9-8+. The van der Waals surface area contributed by atoms with Crippen molar-refractivity contribution < 1.29 is 0 Å². The lowest BCUT2D eigenvalue weighted by Gasteiger charge is -2.03. The molecule has 0 radical (unpaired) electrons. The van der Waals surface area contributed by atoms with Crippen LogP contribution in [0.3, 0.4) is 0 Å². The number of hydrogen-bond donors (Lipinski definition) is 0. The van der Waals surface area contributed by atoms with Gasteiger partial charge in [0.25, 0.3) is 5.56 Å². The van der Waals surface area contributed by atoms with Gasteiger partial charge in [0.1, 0.15) is 0 Å². The highest BCUT2D eigenvalue weighted by atomic mass is 16.2. The third-order valence-electron chi connectivity index (χ3n) is 3.01. The van der Waals surface area contributed by atoms with Crippen LogP contribution in [0.1, 0.15) is 16.7 Å². The number of benzene rings is 1. The molecule has 0 N–H and O–H groups in total. The Balaban J connectivity index is 2.42. The van der Waals surface area contributed by atoms with E-state index in [9.17, 15) is 9.59 Å². The van der Waals surface area contributed by atoms with Crippen LogP contribution in [0.15, 0.2) is 40.1 Å². The predicted octanol–water partition coefficient (Wildman–Crippen LogP) is 1.56. The van der Waals surface area contributed by atoms with Crippen molar-refractivity contribution in [2.24, 2.45) is 14.1 Å². The molecule has 0 atom stereocenters. The first-order chi connectivity index (χ1) is 8.99. The molecule has 1 aromatic heterocycles. The molecule has 0 amide bonds. The first-order valence-electron chi connectivity index (χ1n) is 6.00. The van der Waals surface area contributed by atoms with Gasteiger partial charge in [-0.3, -0.25) is 9.36 Å². The molecule has 0 saturated heterocycles. The molecule has 0 unspecified atom stereocenters. The monoisotopic (exact) mass is 256 g/mol. The summed E-state index contributed by atoms with van der Waals surface area (Å²) in [6.07, 6.45) is 5.14. The van der Waals surface area contributed by atoms with Crippen LogP contribution in [-0.4, -0.2) is 9.13 Å². The van der Waals surface area contributed by atoms with Crippen molar-refractivity contribution in [1.29, 1.82) is 0 Å². The number of hydrogen-bond acceptors (Lipinski definition) is 2. The highest BCUT2D eigenvalue weighted by Crippen LogP contribution is 2.06. The molecular weight excluding hydrogens is 240 g/mol. The smallest absolute Gasteiger partial charge is 0.303 e. The SMILES string of the molecule is Cc1ccc(/C=C/c2cn(C)c(=O)n(C)c2=O)cc1. The van der Waals surface area contributed by atoms with Crippen LogP contribution in [0.4, 0.5) is 0 Å². The second kappa shape index (κ2) is 5.10. The Kier molecular flexibility index (Phi) is 3.51. The number of aryl methyl sites for hydroxylation is 2. The van der Waals surface area contributed by atoms with E-state index in [0.717, 1.165) is 10.1 Å². The number of rotatable bonds is 2. The van der Waals surface area contributed by atoms with Gasteiger partial charge < -0.3 is 4.57 Å². The van der Waals surface area contributed by atoms with E-state index in [-0.39, 0.29) is 11.2 Å². The Morgan fingerprint density at radius 2 is 1.63 bits per heavy atom. The summed E-state index contributed by atoms with van der Waals surface area (Å²) in [4.78, 5) is 23.5. The van der Waals surface area contributed by atoms with E-state index in [0.29, 0.717) is 5.56 Å². The van der Waals surface area contributed by atoms with Crippen LogP contribution in [0.2, 0.25) is 0 Å². The fraction of sp³-hybridized carbons (Fsp3) is 0.200. The second-order valence-corrected chi connectivity index (χ2v) is 4.59. The minimum atomic E-state index is -0.322. The second-order valence-electron chi connectivity index (χ2n) is 4.59. The minimum absolute atomic E-state index is 0.286. The lowest BCUT2D eigenvalue weighted by molar-refractivity contribution is 0.683.